The van der Waals surface area contributed by atoms with Gasteiger partial charge in [-0.1, -0.05) is 18.2 Å². The number of methoxy groups -OCH3 is 1. The summed E-state index contributed by atoms with van der Waals surface area (Å²) in [5.41, 5.74) is 2.96. The molecule has 4 rings (SSSR count). The van der Waals surface area contributed by atoms with E-state index in [2.05, 4.69) is 20.8 Å². The zero-order valence-corrected chi connectivity index (χ0v) is 20.7. The van der Waals surface area contributed by atoms with E-state index in [4.69, 9.17) is 9.47 Å². The van der Waals surface area contributed by atoms with Crippen molar-refractivity contribution in [1.29, 1.82) is 0 Å². The Balaban J connectivity index is 1.63. The Morgan fingerprint density at radius 1 is 1.26 bits per heavy atom. The third kappa shape index (κ3) is 5.50. The summed E-state index contributed by atoms with van der Waals surface area (Å²) in [7, 11) is -2.63. The fourth-order valence-corrected chi connectivity index (χ4v) is 5.49. The van der Waals surface area contributed by atoms with Crippen LogP contribution in [-0.4, -0.2) is 71.7 Å². The van der Waals surface area contributed by atoms with E-state index in [1.165, 1.54) is 30.3 Å². The van der Waals surface area contributed by atoms with E-state index in [1.54, 1.807) is 6.07 Å². The number of sulfonamides is 1. The molecule has 0 unspecified atom stereocenters. The number of hydrogen-bond acceptors (Lipinski definition) is 8. The van der Waals surface area contributed by atoms with Gasteiger partial charge in [-0.05, 0) is 60.4 Å². The van der Waals surface area contributed by atoms with Crippen LogP contribution in [0.2, 0.25) is 0 Å². The van der Waals surface area contributed by atoms with E-state index in [-0.39, 0.29) is 29.8 Å². The molecule has 11 nitrogen and oxygen atoms in total. The Morgan fingerprint density at radius 3 is 2.66 bits per heavy atom. The lowest BCUT2D eigenvalue weighted by molar-refractivity contribution is -0.116. The van der Waals surface area contributed by atoms with Crippen molar-refractivity contribution in [1.82, 2.24) is 24.5 Å². The molecule has 0 bridgehead atoms. The number of amides is 1. The van der Waals surface area contributed by atoms with Crippen LogP contribution >= 0.6 is 0 Å². The first kappa shape index (κ1) is 24.8. The van der Waals surface area contributed by atoms with Crippen molar-refractivity contribution in [3.05, 3.63) is 53.9 Å². The number of aryl methyl sites for hydroxylation is 2. The van der Waals surface area contributed by atoms with E-state index < -0.39 is 15.9 Å². The highest BCUT2D eigenvalue weighted by atomic mass is 32.2. The molecule has 1 fully saturated rings. The van der Waals surface area contributed by atoms with Gasteiger partial charge in [-0.25, -0.2) is 8.42 Å². The van der Waals surface area contributed by atoms with Gasteiger partial charge in [-0.15, -0.1) is 5.10 Å². The second-order valence-corrected chi connectivity index (χ2v) is 10.3. The number of nitrogens with zero attached hydrogens (tertiary/aromatic N) is 5. The number of carbonyl (C=O) groups is 1. The van der Waals surface area contributed by atoms with Crippen molar-refractivity contribution in [2.75, 3.05) is 32.1 Å². The molecule has 1 amide bonds. The van der Waals surface area contributed by atoms with Crippen LogP contribution < -0.4 is 10.1 Å². The fraction of sp³-hybridized carbons (Fsp3) is 0.391. The monoisotopic (exact) mass is 500 g/mol. The van der Waals surface area contributed by atoms with Gasteiger partial charge in [0, 0.05) is 24.9 Å². The average Bonchev–Trinajstić information content (AvgIpc) is 3.55. The third-order valence-corrected chi connectivity index (χ3v) is 7.69. The summed E-state index contributed by atoms with van der Waals surface area (Å²) in [6.45, 7) is 4.07. The predicted molar refractivity (Wildman–Crippen MR) is 128 cm³/mol. The van der Waals surface area contributed by atoms with Crippen LogP contribution in [0.1, 0.15) is 24.0 Å². The lowest BCUT2D eigenvalue weighted by Gasteiger charge is -2.25. The summed E-state index contributed by atoms with van der Waals surface area (Å²) in [4.78, 5) is 13.0. The summed E-state index contributed by atoms with van der Waals surface area (Å²) in [5, 5.41) is 13.9. The molecular formula is C23H28N6O5S. The van der Waals surface area contributed by atoms with Crippen molar-refractivity contribution in [2.24, 2.45) is 0 Å². The van der Waals surface area contributed by atoms with Gasteiger partial charge in [0.15, 0.2) is 0 Å². The molecule has 2 heterocycles. The van der Waals surface area contributed by atoms with Gasteiger partial charge in [0.25, 0.3) is 0 Å². The van der Waals surface area contributed by atoms with Crippen molar-refractivity contribution in [3.8, 4) is 11.4 Å². The SMILES string of the molecule is COc1cc(S(=O)(=O)N(CC(=O)Nc2c(C)cccc2C)C[C@H]2CCCO2)ccc1-n1cnnn1. The first-order valence-electron chi connectivity index (χ1n) is 11.2. The minimum absolute atomic E-state index is 0.0101. The molecule has 1 N–H and O–H groups in total. The van der Waals surface area contributed by atoms with Crippen LogP contribution in [0, 0.1) is 13.8 Å². The third-order valence-electron chi connectivity index (χ3n) is 5.88. The summed E-state index contributed by atoms with van der Waals surface area (Å²) in [6, 6.07) is 10.1. The van der Waals surface area contributed by atoms with E-state index in [9.17, 15) is 13.2 Å². The second-order valence-electron chi connectivity index (χ2n) is 8.34. The standard InChI is InChI=1S/C23H28N6O5S/c1-16-6-4-7-17(2)23(16)25-22(30)14-28(13-18-8-5-11-34-18)35(31,32)19-9-10-20(21(12-19)33-3)29-15-24-26-27-29/h4,6-7,9-10,12,15,18H,5,8,11,13-14H2,1-3H3,(H,25,30)/t18-/m1/s1. The van der Waals surface area contributed by atoms with Crippen LogP contribution in [0.25, 0.3) is 5.69 Å². The van der Waals surface area contributed by atoms with Gasteiger partial charge in [-0.3, -0.25) is 4.79 Å². The number of tetrazole rings is 1. The Bertz CT molecular complexity index is 1270. The Hall–Kier alpha value is -3.35. The number of rotatable bonds is 9. The molecule has 186 valence electrons. The van der Waals surface area contributed by atoms with Crippen LogP contribution in [-0.2, 0) is 19.6 Å². The number of anilines is 1. The zero-order valence-electron chi connectivity index (χ0n) is 19.8. The maximum atomic E-state index is 13.7. The molecule has 1 saturated heterocycles. The predicted octanol–water partition coefficient (Wildman–Crippen LogP) is 2.10. The summed E-state index contributed by atoms with van der Waals surface area (Å²) in [6.07, 6.45) is 2.68. The van der Waals surface area contributed by atoms with Crippen LogP contribution in [0.4, 0.5) is 5.69 Å². The van der Waals surface area contributed by atoms with Gasteiger partial charge < -0.3 is 14.8 Å². The van der Waals surface area contributed by atoms with Crippen molar-refractivity contribution >= 4 is 21.6 Å². The Kier molecular flexibility index (Phi) is 7.43. The van der Waals surface area contributed by atoms with E-state index >= 15 is 0 Å². The van der Waals surface area contributed by atoms with Gasteiger partial charge in [0.05, 0.1) is 24.7 Å². The first-order valence-corrected chi connectivity index (χ1v) is 12.6. The number of carbonyl (C=O) groups excluding carboxylic acids is 1. The maximum Gasteiger partial charge on any atom is 0.243 e. The van der Waals surface area contributed by atoms with Crippen LogP contribution in [0.5, 0.6) is 5.75 Å². The number of hydrogen-bond donors (Lipinski definition) is 1. The van der Waals surface area contributed by atoms with Crippen LogP contribution in [0.3, 0.4) is 0 Å². The van der Waals surface area contributed by atoms with Crippen molar-refractivity contribution in [2.45, 2.75) is 37.7 Å². The maximum absolute atomic E-state index is 13.7. The molecule has 12 heteroatoms. The zero-order chi connectivity index (χ0) is 25.0. The lowest BCUT2D eigenvalue weighted by atomic mass is 10.1. The molecule has 1 atom stereocenters. The summed E-state index contributed by atoms with van der Waals surface area (Å²) >= 11 is 0. The molecule has 0 saturated carbocycles. The van der Waals surface area contributed by atoms with Gasteiger partial charge >= 0.3 is 0 Å². The smallest absolute Gasteiger partial charge is 0.243 e. The minimum atomic E-state index is -4.06. The quantitative estimate of drug-likeness (QED) is 0.473. The largest absolute Gasteiger partial charge is 0.494 e. The molecule has 2 aromatic carbocycles. The summed E-state index contributed by atoms with van der Waals surface area (Å²) < 4.78 is 41.0. The van der Waals surface area contributed by atoms with Gasteiger partial charge in [-0.2, -0.15) is 8.99 Å². The molecule has 1 aromatic heterocycles. The molecule has 35 heavy (non-hydrogen) atoms. The normalized spacial score (nSPS) is 15.9. The van der Waals surface area contributed by atoms with E-state index in [0.717, 1.165) is 28.3 Å². The van der Waals surface area contributed by atoms with E-state index in [0.29, 0.717) is 18.0 Å². The van der Waals surface area contributed by atoms with E-state index in [1.807, 2.05) is 32.0 Å². The van der Waals surface area contributed by atoms with Crippen molar-refractivity contribution < 1.29 is 22.7 Å². The number of benzene rings is 2. The molecule has 1 aliphatic rings. The highest BCUT2D eigenvalue weighted by Gasteiger charge is 2.31. The molecular weight excluding hydrogens is 472 g/mol. The molecule has 3 aromatic rings. The first-order chi connectivity index (χ1) is 16.8. The second kappa shape index (κ2) is 10.5. The minimum Gasteiger partial charge on any atom is -0.494 e. The fourth-order valence-electron chi connectivity index (χ4n) is 4.04. The molecule has 1 aliphatic heterocycles. The topological polar surface area (TPSA) is 129 Å². The Morgan fingerprint density at radius 2 is 2.03 bits per heavy atom. The van der Waals surface area contributed by atoms with Gasteiger partial charge in [0.2, 0.25) is 15.9 Å². The van der Waals surface area contributed by atoms with Crippen LogP contribution in [0.15, 0.2) is 47.6 Å². The Labute approximate surface area is 204 Å². The average molecular weight is 501 g/mol. The van der Waals surface area contributed by atoms with Crippen molar-refractivity contribution in [3.63, 3.8) is 0 Å². The number of ether oxygens (including phenoxy) is 2. The van der Waals surface area contributed by atoms with Gasteiger partial charge in [0.1, 0.15) is 17.8 Å². The number of para-hydroxylation sites is 1. The highest BCUT2D eigenvalue weighted by Crippen LogP contribution is 2.28. The number of aromatic nitrogens is 4. The molecule has 0 radical (unpaired) electrons. The highest BCUT2D eigenvalue weighted by molar-refractivity contribution is 7.89. The molecule has 0 spiro atoms. The number of nitrogens with one attached hydrogen (secondary N) is 1. The summed E-state index contributed by atoms with van der Waals surface area (Å²) in [5.74, 6) is -0.156. The molecule has 0 aliphatic carbocycles. The lowest BCUT2D eigenvalue weighted by Crippen LogP contribution is -2.42.